The lowest BCUT2D eigenvalue weighted by atomic mass is 10.1. The highest BCUT2D eigenvalue weighted by Crippen LogP contribution is 2.26. The van der Waals surface area contributed by atoms with Gasteiger partial charge < -0.3 is 20.1 Å². The number of hydrogen-bond acceptors (Lipinski definition) is 6. The van der Waals surface area contributed by atoms with E-state index in [1.807, 2.05) is 41.8 Å². The van der Waals surface area contributed by atoms with Gasteiger partial charge >= 0.3 is 0 Å². The van der Waals surface area contributed by atoms with Crippen LogP contribution in [0.3, 0.4) is 0 Å². The van der Waals surface area contributed by atoms with E-state index in [2.05, 4.69) is 21.7 Å². The molecule has 0 saturated heterocycles. The molecule has 1 aliphatic rings. The molecule has 1 aliphatic heterocycles. The first-order chi connectivity index (χ1) is 14.2. The minimum absolute atomic E-state index is 0.0938. The van der Waals surface area contributed by atoms with E-state index in [1.54, 1.807) is 18.4 Å². The number of aromatic nitrogens is 1. The first-order valence-corrected chi connectivity index (χ1v) is 10.4. The summed E-state index contributed by atoms with van der Waals surface area (Å²) in [5.74, 6) is 1.69. The maximum absolute atomic E-state index is 11.7. The normalized spacial score (nSPS) is 13.2. The fourth-order valence-electron chi connectivity index (χ4n) is 3.19. The topological polar surface area (TPSA) is 72.5 Å². The molecule has 1 amide bonds. The van der Waals surface area contributed by atoms with Crippen molar-refractivity contribution in [1.82, 2.24) is 4.98 Å². The smallest absolute Gasteiger partial charge is 0.224 e. The molecule has 3 aromatic rings. The summed E-state index contributed by atoms with van der Waals surface area (Å²) >= 11 is 1.59. The predicted octanol–water partition coefficient (Wildman–Crippen LogP) is 4.62. The molecular formula is C22H23N3O3S. The van der Waals surface area contributed by atoms with Gasteiger partial charge in [-0.05, 0) is 60.9 Å². The van der Waals surface area contributed by atoms with E-state index >= 15 is 0 Å². The minimum Gasteiger partial charge on any atom is -0.497 e. The van der Waals surface area contributed by atoms with Crippen LogP contribution in [-0.4, -0.2) is 18.0 Å². The first kappa shape index (κ1) is 19.3. The van der Waals surface area contributed by atoms with Crippen LogP contribution in [0.5, 0.6) is 11.5 Å². The number of anilines is 2. The third-order valence-electron chi connectivity index (χ3n) is 4.72. The van der Waals surface area contributed by atoms with E-state index in [9.17, 15) is 4.79 Å². The fraction of sp³-hybridized carbons (Fsp3) is 0.273. The van der Waals surface area contributed by atoms with Gasteiger partial charge in [0.15, 0.2) is 0 Å². The molecule has 0 bridgehead atoms. The number of amides is 1. The lowest BCUT2D eigenvalue weighted by Crippen LogP contribution is -2.09. The largest absolute Gasteiger partial charge is 0.497 e. The molecule has 0 spiro atoms. The van der Waals surface area contributed by atoms with Crippen molar-refractivity contribution in [3.05, 3.63) is 64.1 Å². The summed E-state index contributed by atoms with van der Waals surface area (Å²) in [4.78, 5) is 16.3. The number of nitrogens with zero attached hydrogens (tertiary/aromatic N) is 1. The monoisotopic (exact) mass is 409 g/mol. The summed E-state index contributed by atoms with van der Waals surface area (Å²) in [6.07, 6.45) is 2.37. The van der Waals surface area contributed by atoms with Crippen LogP contribution in [0.15, 0.2) is 47.8 Å². The molecule has 1 aromatic heterocycles. The van der Waals surface area contributed by atoms with Crippen molar-refractivity contribution in [2.75, 3.05) is 17.7 Å². The van der Waals surface area contributed by atoms with Crippen molar-refractivity contribution < 1.29 is 14.3 Å². The Morgan fingerprint density at radius 3 is 2.79 bits per heavy atom. The highest BCUT2D eigenvalue weighted by atomic mass is 32.1. The van der Waals surface area contributed by atoms with Gasteiger partial charge in [-0.1, -0.05) is 0 Å². The summed E-state index contributed by atoms with van der Waals surface area (Å²) in [7, 11) is 1.64. The number of fused-ring (bicyclic) bond motifs is 1. The lowest BCUT2D eigenvalue weighted by Gasteiger charge is -2.10. The Bertz CT molecular complexity index is 985. The molecule has 2 aromatic carbocycles. The van der Waals surface area contributed by atoms with Crippen molar-refractivity contribution in [1.29, 1.82) is 0 Å². The molecule has 29 heavy (non-hydrogen) atoms. The highest BCUT2D eigenvalue weighted by molar-refractivity contribution is 7.09. The van der Waals surface area contributed by atoms with E-state index < -0.39 is 0 Å². The van der Waals surface area contributed by atoms with Crippen LogP contribution < -0.4 is 20.1 Å². The molecule has 0 fully saturated rings. The second-order valence-corrected chi connectivity index (χ2v) is 7.77. The number of methoxy groups -OCH3 is 1. The van der Waals surface area contributed by atoms with Crippen LogP contribution in [0.2, 0.25) is 0 Å². The average Bonchev–Trinajstić information content (AvgIpc) is 3.12. The van der Waals surface area contributed by atoms with Gasteiger partial charge in [-0.3, -0.25) is 4.79 Å². The van der Waals surface area contributed by atoms with Gasteiger partial charge in [0.1, 0.15) is 23.1 Å². The van der Waals surface area contributed by atoms with Crippen LogP contribution in [0, 0.1) is 0 Å². The summed E-state index contributed by atoms with van der Waals surface area (Å²) in [5, 5.41) is 9.36. The second kappa shape index (κ2) is 8.96. The van der Waals surface area contributed by atoms with Crippen molar-refractivity contribution >= 4 is 28.6 Å². The van der Waals surface area contributed by atoms with Crippen LogP contribution in [0.25, 0.3) is 0 Å². The molecule has 4 rings (SSSR count). The van der Waals surface area contributed by atoms with E-state index in [0.29, 0.717) is 19.6 Å². The number of rotatable bonds is 7. The van der Waals surface area contributed by atoms with E-state index in [4.69, 9.17) is 9.47 Å². The van der Waals surface area contributed by atoms with E-state index in [0.717, 1.165) is 46.4 Å². The number of aryl methyl sites for hydroxylation is 1. The number of ether oxygens (including phenoxy) is 2. The summed E-state index contributed by atoms with van der Waals surface area (Å²) in [6, 6.07) is 13.6. The van der Waals surface area contributed by atoms with Crippen molar-refractivity contribution in [2.24, 2.45) is 0 Å². The molecule has 0 aliphatic carbocycles. The zero-order chi connectivity index (χ0) is 20.1. The van der Waals surface area contributed by atoms with Gasteiger partial charge in [0, 0.05) is 23.2 Å². The van der Waals surface area contributed by atoms with Crippen molar-refractivity contribution in [2.45, 2.75) is 32.4 Å². The summed E-state index contributed by atoms with van der Waals surface area (Å²) in [6.45, 7) is 1.08. The molecule has 0 radical (unpaired) electrons. The van der Waals surface area contributed by atoms with Gasteiger partial charge in [-0.15, -0.1) is 11.3 Å². The van der Waals surface area contributed by atoms with Crippen LogP contribution in [-0.2, 0) is 24.4 Å². The molecule has 6 nitrogen and oxygen atoms in total. The van der Waals surface area contributed by atoms with Gasteiger partial charge in [0.05, 0.1) is 19.3 Å². The van der Waals surface area contributed by atoms with Gasteiger partial charge in [0.2, 0.25) is 5.91 Å². The van der Waals surface area contributed by atoms with Crippen LogP contribution >= 0.6 is 11.3 Å². The van der Waals surface area contributed by atoms with Gasteiger partial charge in [-0.25, -0.2) is 4.98 Å². The van der Waals surface area contributed by atoms with E-state index in [-0.39, 0.29) is 5.91 Å². The Morgan fingerprint density at radius 1 is 1.14 bits per heavy atom. The van der Waals surface area contributed by atoms with Crippen LogP contribution in [0.1, 0.15) is 29.1 Å². The third-order valence-corrected chi connectivity index (χ3v) is 5.60. The lowest BCUT2D eigenvalue weighted by molar-refractivity contribution is -0.116. The maximum atomic E-state index is 11.7. The van der Waals surface area contributed by atoms with E-state index in [1.165, 1.54) is 5.56 Å². The Balaban J connectivity index is 1.31. The molecule has 0 atom stereocenters. The zero-order valence-electron chi connectivity index (χ0n) is 16.2. The standard InChI is InChI=1S/C22H23N3O3S/c1-27-18-6-8-19(9-7-18)28-13-22-24-17(14-29-22)12-23-16-5-10-20-15(11-16)3-2-4-21(26)25-20/h5-11,14,23H,2-4,12-13H2,1H3,(H,25,26). The molecule has 0 unspecified atom stereocenters. The number of carbonyl (C=O) groups excluding carboxylic acids is 1. The zero-order valence-corrected chi connectivity index (χ0v) is 17.1. The molecule has 150 valence electrons. The highest BCUT2D eigenvalue weighted by Gasteiger charge is 2.13. The first-order valence-electron chi connectivity index (χ1n) is 9.56. The number of benzene rings is 2. The number of hydrogen-bond donors (Lipinski definition) is 2. The second-order valence-electron chi connectivity index (χ2n) is 6.82. The predicted molar refractivity (Wildman–Crippen MR) is 115 cm³/mol. The minimum atomic E-state index is 0.0938. The fourth-order valence-corrected chi connectivity index (χ4v) is 3.90. The summed E-state index contributed by atoms with van der Waals surface area (Å²) in [5.41, 5.74) is 4.10. The third kappa shape index (κ3) is 5.06. The Hall–Kier alpha value is -3.06. The number of thiazole rings is 1. The molecule has 2 heterocycles. The van der Waals surface area contributed by atoms with Crippen LogP contribution in [0.4, 0.5) is 11.4 Å². The SMILES string of the molecule is COc1ccc(OCc2nc(CNc3ccc4c(c3)CCCC(=O)N4)cs2)cc1. The quantitative estimate of drug-likeness (QED) is 0.596. The maximum Gasteiger partial charge on any atom is 0.224 e. The molecule has 7 heteroatoms. The van der Waals surface area contributed by atoms with Crippen molar-refractivity contribution in [3.8, 4) is 11.5 Å². The Kier molecular flexibility index (Phi) is 5.95. The van der Waals surface area contributed by atoms with Crippen molar-refractivity contribution in [3.63, 3.8) is 0 Å². The number of nitrogens with one attached hydrogen (secondary N) is 2. The molecule has 2 N–H and O–H groups in total. The Labute approximate surface area is 173 Å². The molecular weight excluding hydrogens is 386 g/mol. The number of carbonyl (C=O) groups is 1. The Morgan fingerprint density at radius 2 is 1.97 bits per heavy atom. The average molecular weight is 410 g/mol. The molecule has 0 saturated carbocycles. The van der Waals surface area contributed by atoms with Gasteiger partial charge in [-0.2, -0.15) is 0 Å². The van der Waals surface area contributed by atoms with Gasteiger partial charge in [0.25, 0.3) is 0 Å². The summed E-state index contributed by atoms with van der Waals surface area (Å²) < 4.78 is 10.9.